The van der Waals surface area contributed by atoms with Gasteiger partial charge in [-0.1, -0.05) is 11.6 Å². The maximum absolute atomic E-state index is 11.9. The average molecular weight is 288 g/mol. The van der Waals surface area contributed by atoms with Gasteiger partial charge < -0.3 is 10.4 Å². The fourth-order valence-electron chi connectivity index (χ4n) is 2.18. The lowest BCUT2D eigenvalue weighted by Gasteiger charge is -2.26. The van der Waals surface area contributed by atoms with Crippen LogP contribution in [0.5, 0.6) is 0 Å². The maximum Gasteiger partial charge on any atom is 0.306 e. The lowest BCUT2D eigenvalue weighted by molar-refractivity contribution is -0.142. The Labute approximate surface area is 114 Å². The second-order valence-corrected chi connectivity index (χ2v) is 6.18. The predicted octanol–water partition coefficient (Wildman–Crippen LogP) is 2.77. The molecule has 0 saturated heterocycles. The van der Waals surface area contributed by atoms with Gasteiger partial charge in [-0.15, -0.1) is 11.3 Å². The summed E-state index contributed by atoms with van der Waals surface area (Å²) in [5.74, 6) is -1.11. The molecule has 6 heteroatoms. The van der Waals surface area contributed by atoms with Crippen molar-refractivity contribution < 1.29 is 14.7 Å². The third-order valence-electron chi connectivity index (χ3n) is 3.21. The Kier molecular flexibility index (Phi) is 4.24. The molecular weight excluding hydrogens is 274 g/mol. The van der Waals surface area contributed by atoms with E-state index in [2.05, 4.69) is 5.32 Å². The highest BCUT2D eigenvalue weighted by Gasteiger charge is 2.27. The smallest absolute Gasteiger partial charge is 0.306 e. The van der Waals surface area contributed by atoms with Crippen molar-refractivity contribution in [2.75, 3.05) is 0 Å². The number of carbonyl (C=O) groups is 2. The van der Waals surface area contributed by atoms with Crippen LogP contribution in [0.25, 0.3) is 0 Å². The van der Waals surface area contributed by atoms with Crippen LogP contribution in [0.3, 0.4) is 0 Å². The Morgan fingerprint density at radius 1 is 1.28 bits per heavy atom. The molecule has 1 heterocycles. The molecule has 1 amide bonds. The van der Waals surface area contributed by atoms with Gasteiger partial charge in [0.15, 0.2) is 0 Å². The number of amides is 1. The van der Waals surface area contributed by atoms with Crippen molar-refractivity contribution in [3.8, 4) is 0 Å². The first-order valence-electron chi connectivity index (χ1n) is 5.85. The normalized spacial score (nSPS) is 23.6. The maximum atomic E-state index is 11.9. The zero-order chi connectivity index (χ0) is 13.1. The Morgan fingerprint density at radius 2 is 1.94 bits per heavy atom. The molecule has 4 nitrogen and oxygen atoms in total. The van der Waals surface area contributed by atoms with Crippen molar-refractivity contribution in [2.45, 2.75) is 31.7 Å². The molecule has 1 aromatic heterocycles. The topological polar surface area (TPSA) is 66.4 Å². The van der Waals surface area contributed by atoms with E-state index in [0.29, 0.717) is 22.1 Å². The predicted molar refractivity (Wildman–Crippen MR) is 70.2 cm³/mol. The van der Waals surface area contributed by atoms with E-state index in [1.54, 1.807) is 12.1 Å². The third kappa shape index (κ3) is 3.23. The summed E-state index contributed by atoms with van der Waals surface area (Å²) in [4.78, 5) is 23.3. The van der Waals surface area contributed by atoms with Gasteiger partial charge >= 0.3 is 5.97 Å². The summed E-state index contributed by atoms with van der Waals surface area (Å²) in [6.07, 6.45) is 2.71. The fraction of sp³-hybridized carbons (Fsp3) is 0.500. The average Bonchev–Trinajstić information content (AvgIpc) is 2.76. The molecule has 1 aliphatic carbocycles. The number of carboxylic acids is 1. The van der Waals surface area contributed by atoms with Crippen LogP contribution >= 0.6 is 22.9 Å². The molecule has 1 aromatic rings. The SMILES string of the molecule is O=C(NC1CCC(C(=O)O)CC1)c1ccc(Cl)s1. The van der Waals surface area contributed by atoms with Gasteiger partial charge in [0.05, 0.1) is 15.1 Å². The number of carboxylic acid groups (broad SMARTS) is 1. The molecule has 0 unspecified atom stereocenters. The van der Waals surface area contributed by atoms with Crippen LogP contribution < -0.4 is 5.32 Å². The summed E-state index contributed by atoms with van der Waals surface area (Å²) in [5, 5.41) is 11.8. The Morgan fingerprint density at radius 3 is 2.44 bits per heavy atom. The van der Waals surface area contributed by atoms with Crippen molar-refractivity contribution in [3.63, 3.8) is 0 Å². The van der Waals surface area contributed by atoms with E-state index in [0.717, 1.165) is 12.8 Å². The van der Waals surface area contributed by atoms with Gasteiger partial charge in [0.1, 0.15) is 0 Å². The second-order valence-electron chi connectivity index (χ2n) is 4.46. The van der Waals surface area contributed by atoms with Gasteiger partial charge in [-0.25, -0.2) is 0 Å². The molecule has 1 saturated carbocycles. The molecule has 0 bridgehead atoms. The molecule has 1 fully saturated rings. The van der Waals surface area contributed by atoms with Crippen molar-refractivity contribution in [2.24, 2.45) is 5.92 Å². The third-order valence-corrected chi connectivity index (χ3v) is 4.44. The number of hydrogen-bond donors (Lipinski definition) is 2. The van der Waals surface area contributed by atoms with E-state index in [-0.39, 0.29) is 17.9 Å². The largest absolute Gasteiger partial charge is 0.481 e. The van der Waals surface area contributed by atoms with Crippen LogP contribution in [-0.2, 0) is 4.79 Å². The van der Waals surface area contributed by atoms with Gasteiger partial charge in [-0.2, -0.15) is 0 Å². The second kappa shape index (κ2) is 5.71. The van der Waals surface area contributed by atoms with Crippen molar-refractivity contribution in [1.82, 2.24) is 5.32 Å². The van der Waals surface area contributed by atoms with E-state index in [9.17, 15) is 9.59 Å². The first kappa shape index (κ1) is 13.4. The van der Waals surface area contributed by atoms with Gasteiger partial charge in [0.2, 0.25) is 0 Å². The number of carbonyl (C=O) groups excluding carboxylic acids is 1. The Bertz CT molecular complexity index is 452. The van der Waals surface area contributed by atoms with Crippen molar-refractivity contribution in [1.29, 1.82) is 0 Å². The number of nitrogens with one attached hydrogen (secondary N) is 1. The Hall–Kier alpha value is -1.07. The monoisotopic (exact) mass is 287 g/mol. The fourth-order valence-corrected chi connectivity index (χ4v) is 3.12. The lowest BCUT2D eigenvalue weighted by Crippen LogP contribution is -2.38. The quantitative estimate of drug-likeness (QED) is 0.898. The molecule has 0 spiro atoms. The number of hydrogen-bond acceptors (Lipinski definition) is 3. The van der Waals surface area contributed by atoms with Crippen LogP contribution in [0.1, 0.15) is 35.4 Å². The Balaban J connectivity index is 1.85. The number of thiophene rings is 1. The van der Waals surface area contributed by atoms with Crippen LogP contribution in [0.15, 0.2) is 12.1 Å². The lowest BCUT2D eigenvalue weighted by atomic mass is 9.86. The van der Waals surface area contributed by atoms with E-state index in [1.807, 2.05) is 0 Å². The number of rotatable bonds is 3. The van der Waals surface area contributed by atoms with Crippen LogP contribution in [0.2, 0.25) is 4.34 Å². The van der Waals surface area contributed by atoms with Crippen molar-refractivity contribution in [3.05, 3.63) is 21.3 Å². The molecule has 2 rings (SSSR count). The molecular formula is C12H14ClNO3S. The molecule has 0 aliphatic heterocycles. The van der Waals surface area contributed by atoms with Crippen LogP contribution in [0.4, 0.5) is 0 Å². The zero-order valence-corrected chi connectivity index (χ0v) is 11.3. The molecule has 18 heavy (non-hydrogen) atoms. The molecule has 1 aliphatic rings. The highest BCUT2D eigenvalue weighted by Crippen LogP contribution is 2.26. The molecule has 0 radical (unpaired) electrons. The van der Waals surface area contributed by atoms with E-state index < -0.39 is 5.97 Å². The van der Waals surface area contributed by atoms with Crippen LogP contribution in [-0.4, -0.2) is 23.0 Å². The number of aliphatic carboxylic acids is 1. The van der Waals surface area contributed by atoms with Gasteiger partial charge in [0, 0.05) is 6.04 Å². The molecule has 2 N–H and O–H groups in total. The minimum Gasteiger partial charge on any atom is -0.481 e. The van der Waals surface area contributed by atoms with Crippen molar-refractivity contribution >= 4 is 34.8 Å². The van der Waals surface area contributed by atoms with Gasteiger partial charge in [-0.3, -0.25) is 9.59 Å². The summed E-state index contributed by atoms with van der Waals surface area (Å²) >= 11 is 7.02. The highest BCUT2D eigenvalue weighted by molar-refractivity contribution is 7.17. The molecule has 0 atom stereocenters. The molecule has 0 aromatic carbocycles. The summed E-state index contributed by atoms with van der Waals surface area (Å²) < 4.78 is 0.592. The molecule has 98 valence electrons. The first-order chi connectivity index (χ1) is 8.56. The summed E-state index contributed by atoms with van der Waals surface area (Å²) in [5.41, 5.74) is 0. The van der Waals surface area contributed by atoms with E-state index >= 15 is 0 Å². The van der Waals surface area contributed by atoms with E-state index in [1.165, 1.54) is 11.3 Å². The first-order valence-corrected chi connectivity index (χ1v) is 7.04. The zero-order valence-electron chi connectivity index (χ0n) is 9.69. The summed E-state index contributed by atoms with van der Waals surface area (Å²) in [6, 6.07) is 3.47. The highest BCUT2D eigenvalue weighted by atomic mass is 35.5. The summed E-state index contributed by atoms with van der Waals surface area (Å²) in [7, 11) is 0. The van der Waals surface area contributed by atoms with Gasteiger partial charge in [-0.05, 0) is 37.8 Å². The summed E-state index contributed by atoms with van der Waals surface area (Å²) in [6.45, 7) is 0. The minimum atomic E-state index is -0.732. The van der Waals surface area contributed by atoms with Crippen LogP contribution in [0, 0.1) is 5.92 Å². The van der Waals surface area contributed by atoms with Gasteiger partial charge in [0.25, 0.3) is 5.91 Å². The number of halogens is 1. The minimum absolute atomic E-state index is 0.0778. The van der Waals surface area contributed by atoms with E-state index in [4.69, 9.17) is 16.7 Å². The standard InChI is InChI=1S/C12H14ClNO3S/c13-10-6-5-9(18-10)11(15)14-8-3-1-7(2-4-8)12(16)17/h5-8H,1-4H2,(H,14,15)(H,16,17).